The van der Waals surface area contributed by atoms with Gasteiger partial charge >= 0.3 is 0 Å². The number of aliphatic hydroxyl groups excluding tert-OH is 1. The number of rotatable bonds is 7. The average Bonchev–Trinajstić information content (AvgIpc) is 2.41. The minimum Gasteiger partial charge on any atom is -0.497 e. The van der Waals surface area contributed by atoms with E-state index in [-0.39, 0.29) is 18.4 Å². The van der Waals surface area contributed by atoms with Gasteiger partial charge in [-0.15, -0.1) is 0 Å². The Bertz CT molecular complexity index is 358. The Hall–Kier alpha value is -1.55. The van der Waals surface area contributed by atoms with Crippen LogP contribution >= 0.6 is 0 Å². The molecule has 0 bridgehead atoms. The molecule has 0 aliphatic heterocycles. The quantitative estimate of drug-likeness (QED) is 0.769. The van der Waals surface area contributed by atoms with E-state index in [0.29, 0.717) is 13.0 Å². The highest BCUT2D eigenvalue weighted by molar-refractivity contribution is 5.78. The van der Waals surface area contributed by atoms with Crippen LogP contribution in [-0.2, 0) is 11.2 Å². The van der Waals surface area contributed by atoms with E-state index in [4.69, 9.17) is 9.84 Å². The summed E-state index contributed by atoms with van der Waals surface area (Å²) in [6.45, 7) is 2.39. The van der Waals surface area contributed by atoms with Crippen molar-refractivity contribution in [3.05, 3.63) is 29.8 Å². The van der Waals surface area contributed by atoms with Crippen LogP contribution in [0.4, 0.5) is 0 Å². The monoisotopic (exact) mass is 251 g/mol. The molecule has 0 fully saturated rings. The molecule has 18 heavy (non-hydrogen) atoms. The summed E-state index contributed by atoms with van der Waals surface area (Å²) >= 11 is 0. The van der Waals surface area contributed by atoms with E-state index in [9.17, 15) is 4.79 Å². The van der Waals surface area contributed by atoms with Gasteiger partial charge in [0, 0.05) is 6.54 Å². The van der Waals surface area contributed by atoms with Gasteiger partial charge in [0.15, 0.2) is 0 Å². The molecule has 0 saturated carbocycles. The fourth-order valence-electron chi connectivity index (χ4n) is 1.66. The minimum atomic E-state index is -0.291. The van der Waals surface area contributed by atoms with Gasteiger partial charge in [-0.3, -0.25) is 4.79 Å². The van der Waals surface area contributed by atoms with Gasteiger partial charge in [-0.1, -0.05) is 19.1 Å². The number of aliphatic hydroxyl groups is 1. The molecule has 0 heterocycles. The molecule has 4 heteroatoms. The Morgan fingerprint density at radius 2 is 2.06 bits per heavy atom. The van der Waals surface area contributed by atoms with E-state index in [0.717, 1.165) is 17.7 Å². The van der Waals surface area contributed by atoms with Crippen molar-refractivity contribution in [2.45, 2.75) is 19.8 Å². The number of amides is 1. The first-order valence-corrected chi connectivity index (χ1v) is 6.22. The van der Waals surface area contributed by atoms with Gasteiger partial charge < -0.3 is 15.2 Å². The number of methoxy groups -OCH3 is 1. The molecular weight excluding hydrogens is 230 g/mol. The fourth-order valence-corrected chi connectivity index (χ4v) is 1.66. The number of hydrogen-bond acceptors (Lipinski definition) is 3. The van der Waals surface area contributed by atoms with Crippen molar-refractivity contribution < 1.29 is 14.6 Å². The molecule has 0 aliphatic rings. The largest absolute Gasteiger partial charge is 0.497 e. The van der Waals surface area contributed by atoms with E-state index in [1.807, 2.05) is 31.2 Å². The van der Waals surface area contributed by atoms with Gasteiger partial charge in [0.1, 0.15) is 5.75 Å². The van der Waals surface area contributed by atoms with Crippen molar-refractivity contribution >= 4 is 5.91 Å². The van der Waals surface area contributed by atoms with Crippen molar-refractivity contribution in [3.63, 3.8) is 0 Å². The summed E-state index contributed by atoms with van der Waals surface area (Å²) < 4.78 is 5.07. The standard InChI is InChI=1S/C14H21NO3/c1-3-12(10-16)14(17)15-9-8-11-4-6-13(18-2)7-5-11/h4-7,12,16H,3,8-10H2,1-2H3,(H,15,17). The second-order valence-electron chi connectivity index (χ2n) is 4.18. The first kappa shape index (κ1) is 14.5. The van der Waals surface area contributed by atoms with Crippen LogP contribution in [0.2, 0.25) is 0 Å². The van der Waals surface area contributed by atoms with E-state index in [1.54, 1.807) is 7.11 Å². The highest BCUT2D eigenvalue weighted by Crippen LogP contribution is 2.11. The Balaban J connectivity index is 2.34. The zero-order valence-electron chi connectivity index (χ0n) is 11.0. The van der Waals surface area contributed by atoms with Gasteiger partial charge in [-0.25, -0.2) is 0 Å². The van der Waals surface area contributed by atoms with E-state index >= 15 is 0 Å². The number of nitrogens with one attached hydrogen (secondary N) is 1. The van der Waals surface area contributed by atoms with Crippen LogP contribution < -0.4 is 10.1 Å². The lowest BCUT2D eigenvalue weighted by atomic mass is 10.1. The molecule has 0 aromatic heterocycles. The summed E-state index contributed by atoms with van der Waals surface area (Å²) in [6.07, 6.45) is 1.43. The summed E-state index contributed by atoms with van der Waals surface area (Å²) in [7, 11) is 1.63. The molecule has 4 nitrogen and oxygen atoms in total. The summed E-state index contributed by atoms with van der Waals surface area (Å²) in [4.78, 5) is 11.6. The van der Waals surface area contributed by atoms with Crippen LogP contribution in [0.3, 0.4) is 0 Å². The first-order valence-electron chi connectivity index (χ1n) is 6.22. The maximum Gasteiger partial charge on any atom is 0.225 e. The number of carbonyl (C=O) groups excluding carboxylic acids is 1. The molecule has 1 aromatic carbocycles. The minimum absolute atomic E-state index is 0.0755. The molecular formula is C14H21NO3. The lowest BCUT2D eigenvalue weighted by Gasteiger charge is -2.12. The summed E-state index contributed by atoms with van der Waals surface area (Å²) in [5.41, 5.74) is 1.15. The molecule has 1 rings (SSSR count). The van der Waals surface area contributed by atoms with Gasteiger partial charge in [-0.05, 0) is 30.5 Å². The molecule has 1 amide bonds. The number of ether oxygens (including phenoxy) is 1. The van der Waals surface area contributed by atoms with Gasteiger partial charge in [0.2, 0.25) is 5.91 Å². The Labute approximate surface area is 108 Å². The second kappa shape index (κ2) is 7.71. The lowest BCUT2D eigenvalue weighted by molar-refractivity contribution is -0.126. The summed E-state index contributed by atoms with van der Waals surface area (Å²) in [5, 5.41) is 11.8. The maximum atomic E-state index is 11.6. The van der Waals surface area contributed by atoms with Crippen molar-refractivity contribution in [2.75, 3.05) is 20.3 Å². The molecule has 1 atom stereocenters. The maximum absolute atomic E-state index is 11.6. The zero-order valence-corrected chi connectivity index (χ0v) is 11.0. The number of carbonyl (C=O) groups is 1. The predicted octanol–water partition coefficient (Wildman–Crippen LogP) is 1.37. The normalized spacial score (nSPS) is 11.9. The summed E-state index contributed by atoms with van der Waals surface area (Å²) in [6, 6.07) is 7.77. The number of hydrogen-bond donors (Lipinski definition) is 2. The highest BCUT2D eigenvalue weighted by atomic mass is 16.5. The van der Waals surface area contributed by atoms with E-state index in [2.05, 4.69) is 5.32 Å². The van der Waals surface area contributed by atoms with Crippen LogP contribution in [0.15, 0.2) is 24.3 Å². The Kier molecular flexibility index (Phi) is 6.22. The van der Waals surface area contributed by atoms with E-state index in [1.165, 1.54) is 0 Å². The summed E-state index contributed by atoms with van der Waals surface area (Å²) in [5.74, 6) is 0.462. The van der Waals surface area contributed by atoms with E-state index < -0.39 is 0 Å². The molecule has 0 aliphatic carbocycles. The molecule has 0 saturated heterocycles. The van der Waals surface area contributed by atoms with Gasteiger partial charge in [0.05, 0.1) is 19.6 Å². The molecule has 1 unspecified atom stereocenters. The second-order valence-corrected chi connectivity index (χ2v) is 4.18. The molecule has 1 aromatic rings. The van der Waals surface area contributed by atoms with Crippen LogP contribution in [0.5, 0.6) is 5.75 Å². The topological polar surface area (TPSA) is 58.6 Å². The lowest BCUT2D eigenvalue weighted by Crippen LogP contribution is -2.33. The average molecular weight is 251 g/mol. The third-order valence-electron chi connectivity index (χ3n) is 2.96. The first-order chi connectivity index (χ1) is 8.71. The van der Waals surface area contributed by atoms with Crippen LogP contribution in [0.1, 0.15) is 18.9 Å². The van der Waals surface area contributed by atoms with Gasteiger partial charge in [0.25, 0.3) is 0 Å². The molecule has 0 spiro atoms. The van der Waals surface area contributed by atoms with Crippen LogP contribution in [0, 0.1) is 5.92 Å². The van der Waals surface area contributed by atoms with Crippen molar-refractivity contribution in [1.82, 2.24) is 5.32 Å². The van der Waals surface area contributed by atoms with Crippen LogP contribution in [0.25, 0.3) is 0 Å². The Morgan fingerprint density at radius 1 is 1.39 bits per heavy atom. The zero-order chi connectivity index (χ0) is 13.4. The third kappa shape index (κ3) is 4.37. The fraction of sp³-hybridized carbons (Fsp3) is 0.500. The van der Waals surface area contributed by atoms with Crippen molar-refractivity contribution in [1.29, 1.82) is 0 Å². The van der Waals surface area contributed by atoms with Crippen molar-refractivity contribution in [2.24, 2.45) is 5.92 Å². The molecule has 100 valence electrons. The third-order valence-corrected chi connectivity index (χ3v) is 2.96. The van der Waals surface area contributed by atoms with Gasteiger partial charge in [-0.2, -0.15) is 0 Å². The highest BCUT2D eigenvalue weighted by Gasteiger charge is 2.13. The molecule has 2 N–H and O–H groups in total. The SMILES string of the molecule is CCC(CO)C(=O)NCCc1ccc(OC)cc1. The number of benzene rings is 1. The Morgan fingerprint density at radius 3 is 2.56 bits per heavy atom. The van der Waals surface area contributed by atoms with Crippen molar-refractivity contribution in [3.8, 4) is 5.75 Å². The predicted molar refractivity (Wildman–Crippen MR) is 70.6 cm³/mol. The van der Waals surface area contributed by atoms with Crippen LogP contribution in [-0.4, -0.2) is 31.3 Å². The molecule has 0 radical (unpaired) electrons. The smallest absolute Gasteiger partial charge is 0.225 e.